The summed E-state index contributed by atoms with van der Waals surface area (Å²) in [6.45, 7) is -0.219. The van der Waals surface area contributed by atoms with Gasteiger partial charge in [0.25, 0.3) is 11.6 Å². The second kappa shape index (κ2) is 7.76. The molecule has 9 heteroatoms. The topological polar surface area (TPSA) is 81.5 Å². The Bertz CT molecular complexity index is 770. The van der Waals surface area contributed by atoms with Gasteiger partial charge in [-0.1, -0.05) is 11.6 Å². The quantitative estimate of drug-likeness (QED) is 0.510. The van der Waals surface area contributed by atoms with Gasteiger partial charge in [0.2, 0.25) is 0 Å². The van der Waals surface area contributed by atoms with Crippen LogP contribution in [0.5, 0.6) is 5.75 Å². The zero-order chi connectivity index (χ0) is 17.0. The molecule has 0 bridgehead atoms. The van der Waals surface area contributed by atoms with Crippen LogP contribution in [0.2, 0.25) is 5.02 Å². The normalized spacial score (nSPS) is 10.2. The molecule has 0 aliphatic carbocycles. The molecule has 0 saturated carbocycles. The van der Waals surface area contributed by atoms with E-state index >= 15 is 0 Å². The first-order chi connectivity index (χ1) is 10.9. The first kappa shape index (κ1) is 17.7. The lowest BCUT2D eigenvalue weighted by molar-refractivity contribution is -0.384. The van der Waals surface area contributed by atoms with Crippen LogP contribution in [0.3, 0.4) is 0 Å². The molecule has 0 aliphatic rings. The summed E-state index contributed by atoms with van der Waals surface area (Å²) < 4.78 is 6.43. The van der Waals surface area contributed by atoms with Crippen molar-refractivity contribution in [2.24, 2.45) is 0 Å². The molecule has 0 unspecified atom stereocenters. The third kappa shape index (κ3) is 4.92. The molecule has 0 radical (unpaired) electrons. The molecule has 1 amide bonds. The first-order valence-corrected chi connectivity index (χ1v) is 8.15. The van der Waals surface area contributed by atoms with Gasteiger partial charge in [0, 0.05) is 21.6 Å². The van der Waals surface area contributed by atoms with Crippen molar-refractivity contribution >= 4 is 60.7 Å². The van der Waals surface area contributed by atoms with Gasteiger partial charge in [0.1, 0.15) is 5.75 Å². The van der Waals surface area contributed by atoms with Gasteiger partial charge >= 0.3 is 0 Å². The molecule has 120 valence electrons. The lowest BCUT2D eigenvalue weighted by Crippen LogP contribution is -2.20. The maximum atomic E-state index is 11.9. The minimum Gasteiger partial charge on any atom is -0.483 e. The highest BCUT2D eigenvalue weighted by atomic mass is 79.9. The Kier molecular flexibility index (Phi) is 5.97. The van der Waals surface area contributed by atoms with Crippen molar-refractivity contribution in [2.45, 2.75) is 0 Å². The summed E-state index contributed by atoms with van der Waals surface area (Å²) in [5.41, 5.74) is 0.343. The highest BCUT2D eigenvalue weighted by Crippen LogP contribution is 2.29. The fraction of sp³-hybridized carbons (Fsp3) is 0.0714. The molecule has 0 saturated heterocycles. The number of hydrogen-bond donors (Lipinski definition) is 1. The fourth-order valence-corrected chi connectivity index (χ4v) is 2.90. The molecule has 23 heavy (non-hydrogen) atoms. The van der Waals surface area contributed by atoms with Gasteiger partial charge in [-0.05, 0) is 56.1 Å². The SMILES string of the molecule is O=C(COc1ccc(Cl)cc1Br)Nc1ccc([N+](=O)[O-])cc1Br. The third-order valence-electron chi connectivity index (χ3n) is 2.69. The van der Waals surface area contributed by atoms with Gasteiger partial charge in [-0.3, -0.25) is 14.9 Å². The minimum atomic E-state index is -0.516. The largest absolute Gasteiger partial charge is 0.483 e. The molecule has 0 aliphatic heterocycles. The second-order valence-electron chi connectivity index (χ2n) is 4.33. The molecule has 6 nitrogen and oxygen atoms in total. The number of anilines is 1. The number of benzene rings is 2. The van der Waals surface area contributed by atoms with Crippen molar-refractivity contribution in [2.75, 3.05) is 11.9 Å². The van der Waals surface area contributed by atoms with E-state index in [0.717, 1.165) is 0 Å². The summed E-state index contributed by atoms with van der Waals surface area (Å²) in [4.78, 5) is 22.1. The molecule has 0 spiro atoms. The number of nitrogens with one attached hydrogen (secondary N) is 1. The summed E-state index contributed by atoms with van der Waals surface area (Å²) in [6, 6.07) is 9.00. The molecule has 0 aromatic heterocycles. The first-order valence-electron chi connectivity index (χ1n) is 6.18. The molecule has 1 N–H and O–H groups in total. The van der Waals surface area contributed by atoms with Gasteiger partial charge in [0.05, 0.1) is 15.1 Å². The van der Waals surface area contributed by atoms with E-state index in [1.165, 1.54) is 18.2 Å². The van der Waals surface area contributed by atoms with Crippen LogP contribution < -0.4 is 10.1 Å². The zero-order valence-corrected chi connectivity index (χ0v) is 15.3. The molecule has 0 atom stereocenters. The molecular weight excluding hydrogens is 455 g/mol. The molecule has 2 aromatic carbocycles. The Morgan fingerprint density at radius 1 is 1.22 bits per heavy atom. The molecule has 0 heterocycles. The Hall–Kier alpha value is -1.64. The maximum Gasteiger partial charge on any atom is 0.270 e. The standard InChI is InChI=1S/C14H9Br2ClN2O4/c15-10-6-9(19(21)22)2-3-12(10)18-14(20)7-23-13-4-1-8(17)5-11(13)16/h1-6H,7H2,(H,18,20). The van der Waals surface area contributed by atoms with E-state index in [4.69, 9.17) is 16.3 Å². The van der Waals surface area contributed by atoms with Crippen molar-refractivity contribution in [3.05, 3.63) is 60.5 Å². The van der Waals surface area contributed by atoms with E-state index in [0.29, 0.717) is 25.4 Å². The summed E-state index contributed by atoms with van der Waals surface area (Å²) in [5.74, 6) is 0.0775. The van der Waals surface area contributed by atoms with E-state index in [-0.39, 0.29) is 12.3 Å². The van der Waals surface area contributed by atoms with Crippen LogP contribution in [-0.4, -0.2) is 17.4 Å². The van der Waals surface area contributed by atoms with Crippen molar-refractivity contribution < 1.29 is 14.5 Å². The van der Waals surface area contributed by atoms with E-state index in [9.17, 15) is 14.9 Å². The maximum absolute atomic E-state index is 11.9. The molecule has 2 rings (SSSR count). The van der Waals surface area contributed by atoms with Crippen molar-refractivity contribution in [3.63, 3.8) is 0 Å². The number of carbonyl (C=O) groups excluding carboxylic acids is 1. The van der Waals surface area contributed by atoms with Crippen LogP contribution in [0.4, 0.5) is 11.4 Å². The minimum absolute atomic E-state index is 0.0729. The fourth-order valence-electron chi connectivity index (χ4n) is 1.64. The van der Waals surface area contributed by atoms with Gasteiger partial charge in [-0.15, -0.1) is 0 Å². The van der Waals surface area contributed by atoms with E-state index in [1.807, 2.05) is 0 Å². The summed E-state index contributed by atoms with van der Waals surface area (Å²) in [7, 11) is 0. The highest BCUT2D eigenvalue weighted by molar-refractivity contribution is 9.11. The average Bonchev–Trinajstić information content (AvgIpc) is 2.48. The van der Waals surface area contributed by atoms with E-state index in [1.54, 1.807) is 18.2 Å². The lowest BCUT2D eigenvalue weighted by atomic mass is 10.3. The Morgan fingerprint density at radius 2 is 1.96 bits per heavy atom. The molecule has 2 aromatic rings. The summed E-state index contributed by atoms with van der Waals surface area (Å²) >= 11 is 12.3. The predicted octanol–water partition coefficient (Wildman–Crippen LogP) is 4.79. The number of carbonyl (C=O) groups is 1. The van der Waals surface area contributed by atoms with Crippen LogP contribution in [0.15, 0.2) is 45.3 Å². The number of hydrogen-bond acceptors (Lipinski definition) is 4. The number of rotatable bonds is 5. The second-order valence-corrected chi connectivity index (χ2v) is 6.48. The van der Waals surface area contributed by atoms with Crippen LogP contribution >= 0.6 is 43.5 Å². The summed E-state index contributed by atoms with van der Waals surface area (Å²) in [5, 5.41) is 13.8. The van der Waals surface area contributed by atoms with Gasteiger partial charge < -0.3 is 10.1 Å². The zero-order valence-electron chi connectivity index (χ0n) is 11.4. The number of amides is 1. The smallest absolute Gasteiger partial charge is 0.270 e. The number of halogens is 3. The lowest BCUT2D eigenvalue weighted by Gasteiger charge is -2.10. The average molecular weight is 464 g/mol. The van der Waals surface area contributed by atoms with Crippen LogP contribution in [0.1, 0.15) is 0 Å². The van der Waals surface area contributed by atoms with Crippen LogP contribution in [-0.2, 0) is 4.79 Å². The Balaban J connectivity index is 1.98. The van der Waals surface area contributed by atoms with Crippen LogP contribution in [0, 0.1) is 10.1 Å². The monoisotopic (exact) mass is 462 g/mol. The van der Waals surface area contributed by atoms with Gasteiger partial charge in [-0.25, -0.2) is 0 Å². The number of ether oxygens (including phenoxy) is 1. The van der Waals surface area contributed by atoms with Gasteiger partial charge in [-0.2, -0.15) is 0 Å². The summed E-state index contributed by atoms with van der Waals surface area (Å²) in [6.07, 6.45) is 0. The van der Waals surface area contributed by atoms with Gasteiger partial charge in [0.15, 0.2) is 6.61 Å². The molecular formula is C14H9Br2ClN2O4. The van der Waals surface area contributed by atoms with E-state index in [2.05, 4.69) is 37.2 Å². The predicted molar refractivity (Wildman–Crippen MR) is 94.1 cm³/mol. The molecule has 0 fully saturated rings. The van der Waals surface area contributed by atoms with Crippen molar-refractivity contribution in [1.82, 2.24) is 0 Å². The number of nitrogens with zero attached hydrogens (tertiary/aromatic N) is 1. The van der Waals surface area contributed by atoms with E-state index < -0.39 is 10.8 Å². The van der Waals surface area contributed by atoms with Crippen LogP contribution in [0.25, 0.3) is 0 Å². The Morgan fingerprint density at radius 3 is 2.57 bits per heavy atom. The van der Waals surface area contributed by atoms with Crippen molar-refractivity contribution in [1.29, 1.82) is 0 Å². The number of nitro benzene ring substituents is 1. The van der Waals surface area contributed by atoms with Crippen molar-refractivity contribution in [3.8, 4) is 5.75 Å². The number of non-ortho nitro benzene ring substituents is 1. The Labute approximate surface area is 153 Å². The third-order valence-corrected chi connectivity index (χ3v) is 4.20. The highest BCUT2D eigenvalue weighted by Gasteiger charge is 2.12. The number of nitro groups is 1.